The molecular formula is C13H20N2O2. The van der Waals surface area contributed by atoms with Gasteiger partial charge in [0.15, 0.2) is 0 Å². The van der Waals surface area contributed by atoms with E-state index in [-0.39, 0.29) is 11.9 Å². The van der Waals surface area contributed by atoms with Crippen LogP contribution >= 0.6 is 0 Å². The minimum atomic E-state index is -0.389. The maximum absolute atomic E-state index is 11.6. The van der Waals surface area contributed by atoms with E-state index in [1.807, 2.05) is 43.0 Å². The zero-order valence-electron chi connectivity index (χ0n) is 10.6. The highest BCUT2D eigenvalue weighted by Crippen LogP contribution is 2.23. The summed E-state index contributed by atoms with van der Waals surface area (Å²) in [5.74, 6) is 0.405. The third kappa shape index (κ3) is 3.20. The summed E-state index contributed by atoms with van der Waals surface area (Å²) in [6.45, 7) is 5.59. The molecule has 1 aromatic carbocycles. The number of primary amides is 1. The van der Waals surface area contributed by atoms with Gasteiger partial charge in [-0.15, -0.1) is 0 Å². The van der Waals surface area contributed by atoms with Crippen molar-refractivity contribution in [2.24, 2.45) is 5.73 Å². The Bertz CT molecular complexity index is 375. The molecule has 4 nitrogen and oxygen atoms in total. The second kappa shape index (κ2) is 6.25. The summed E-state index contributed by atoms with van der Waals surface area (Å²) in [7, 11) is 1.61. The lowest BCUT2D eigenvalue weighted by atomic mass is 10.0. The number of benzene rings is 1. The molecule has 0 saturated heterocycles. The van der Waals surface area contributed by atoms with Crippen molar-refractivity contribution in [2.75, 3.05) is 20.2 Å². The van der Waals surface area contributed by atoms with Crippen LogP contribution in [0.25, 0.3) is 0 Å². The van der Waals surface area contributed by atoms with Crippen LogP contribution in [0.2, 0.25) is 0 Å². The van der Waals surface area contributed by atoms with Crippen LogP contribution in [0, 0.1) is 0 Å². The van der Waals surface area contributed by atoms with Gasteiger partial charge in [-0.05, 0) is 30.8 Å². The first-order valence-corrected chi connectivity index (χ1v) is 5.81. The average molecular weight is 236 g/mol. The number of amides is 1. The number of hydrogen-bond donors (Lipinski definition) is 1. The van der Waals surface area contributed by atoms with Crippen molar-refractivity contribution in [1.29, 1.82) is 0 Å². The van der Waals surface area contributed by atoms with Crippen molar-refractivity contribution >= 4 is 5.91 Å². The molecule has 0 heterocycles. The van der Waals surface area contributed by atoms with Crippen molar-refractivity contribution in [3.63, 3.8) is 0 Å². The Morgan fingerprint density at radius 2 is 2.06 bits per heavy atom. The van der Waals surface area contributed by atoms with Crippen LogP contribution in [0.5, 0.6) is 5.75 Å². The van der Waals surface area contributed by atoms with Crippen LogP contribution in [-0.4, -0.2) is 31.0 Å². The van der Waals surface area contributed by atoms with E-state index in [4.69, 9.17) is 10.5 Å². The second-order valence-electron chi connectivity index (χ2n) is 3.80. The summed E-state index contributed by atoms with van der Waals surface area (Å²) < 4.78 is 5.16. The lowest BCUT2D eigenvalue weighted by molar-refractivity contribution is -0.123. The van der Waals surface area contributed by atoms with E-state index < -0.39 is 0 Å². The molecule has 0 radical (unpaired) electrons. The van der Waals surface area contributed by atoms with Gasteiger partial charge >= 0.3 is 0 Å². The average Bonchev–Trinajstić information content (AvgIpc) is 2.35. The largest absolute Gasteiger partial charge is 0.497 e. The number of carbonyl (C=O) groups is 1. The standard InChI is InChI=1S/C13H20N2O2/c1-4-15(5-2)12(13(14)16)10-7-6-8-11(9-10)17-3/h6-9,12H,4-5H2,1-3H3,(H2,14,16). The van der Waals surface area contributed by atoms with E-state index in [0.717, 1.165) is 24.4 Å². The zero-order chi connectivity index (χ0) is 12.8. The van der Waals surface area contributed by atoms with Gasteiger partial charge in [-0.3, -0.25) is 9.69 Å². The normalized spacial score (nSPS) is 12.5. The third-order valence-corrected chi connectivity index (χ3v) is 2.86. The Morgan fingerprint density at radius 1 is 1.41 bits per heavy atom. The maximum atomic E-state index is 11.6. The summed E-state index contributed by atoms with van der Waals surface area (Å²) in [6.07, 6.45) is 0. The molecule has 1 amide bonds. The van der Waals surface area contributed by atoms with Crippen LogP contribution in [0.1, 0.15) is 25.5 Å². The molecule has 1 unspecified atom stereocenters. The summed E-state index contributed by atoms with van der Waals surface area (Å²) in [5, 5.41) is 0. The van der Waals surface area contributed by atoms with Gasteiger partial charge in [0.2, 0.25) is 5.91 Å². The van der Waals surface area contributed by atoms with Gasteiger partial charge in [-0.25, -0.2) is 0 Å². The fourth-order valence-corrected chi connectivity index (χ4v) is 1.96. The Hall–Kier alpha value is -1.55. The van der Waals surface area contributed by atoms with Crippen LogP contribution in [0.15, 0.2) is 24.3 Å². The maximum Gasteiger partial charge on any atom is 0.239 e. The van der Waals surface area contributed by atoms with Gasteiger partial charge in [0.25, 0.3) is 0 Å². The third-order valence-electron chi connectivity index (χ3n) is 2.86. The lowest BCUT2D eigenvalue weighted by Crippen LogP contribution is -2.37. The summed E-state index contributed by atoms with van der Waals surface area (Å²) >= 11 is 0. The van der Waals surface area contributed by atoms with E-state index in [2.05, 4.69) is 0 Å². The molecule has 4 heteroatoms. The first-order chi connectivity index (χ1) is 8.13. The minimum Gasteiger partial charge on any atom is -0.497 e. The molecule has 0 saturated carbocycles. The van der Waals surface area contributed by atoms with Crippen molar-refractivity contribution in [2.45, 2.75) is 19.9 Å². The molecule has 0 fully saturated rings. The molecule has 0 spiro atoms. The number of nitrogens with two attached hydrogens (primary N) is 1. The van der Waals surface area contributed by atoms with Gasteiger partial charge in [-0.2, -0.15) is 0 Å². The molecule has 17 heavy (non-hydrogen) atoms. The molecule has 1 rings (SSSR count). The van der Waals surface area contributed by atoms with Gasteiger partial charge in [-0.1, -0.05) is 26.0 Å². The molecule has 94 valence electrons. The van der Waals surface area contributed by atoms with Crippen molar-refractivity contribution in [1.82, 2.24) is 4.90 Å². The fourth-order valence-electron chi connectivity index (χ4n) is 1.96. The monoisotopic (exact) mass is 236 g/mol. The smallest absolute Gasteiger partial charge is 0.239 e. The summed E-state index contributed by atoms with van der Waals surface area (Å²) in [5.41, 5.74) is 6.37. The number of methoxy groups -OCH3 is 1. The highest BCUT2D eigenvalue weighted by Gasteiger charge is 2.23. The Kier molecular flexibility index (Phi) is 4.97. The van der Waals surface area contributed by atoms with Gasteiger partial charge in [0.1, 0.15) is 11.8 Å². The first-order valence-electron chi connectivity index (χ1n) is 5.81. The number of rotatable bonds is 6. The Morgan fingerprint density at radius 3 is 2.53 bits per heavy atom. The number of carbonyl (C=O) groups excluding carboxylic acids is 1. The van der Waals surface area contributed by atoms with E-state index in [1.165, 1.54) is 0 Å². The molecule has 0 aliphatic heterocycles. The number of ether oxygens (including phenoxy) is 1. The quantitative estimate of drug-likeness (QED) is 0.815. The highest BCUT2D eigenvalue weighted by molar-refractivity contribution is 5.81. The van der Waals surface area contributed by atoms with Gasteiger partial charge in [0, 0.05) is 0 Å². The predicted octanol–water partition coefficient (Wildman–Crippen LogP) is 1.56. The molecule has 2 N–H and O–H groups in total. The highest BCUT2D eigenvalue weighted by atomic mass is 16.5. The zero-order valence-corrected chi connectivity index (χ0v) is 10.6. The Balaban J connectivity index is 3.08. The number of hydrogen-bond acceptors (Lipinski definition) is 3. The van der Waals surface area contributed by atoms with E-state index in [0.29, 0.717) is 0 Å². The number of nitrogens with zero attached hydrogens (tertiary/aromatic N) is 1. The van der Waals surface area contributed by atoms with Crippen LogP contribution in [0.4, 0.5) is 0 Å². The van der Waals surface area contributed by atoms with Gasteiger partial charge < -0.3 is 10.5 Å². The van der Waals surface area contributed by atoms with Crippen LogP contribution in [-0.2, 0) is 4.79 Å². The molecule has 1 aromatic rings. The van der Waals surface area contributed by atoms with Crippen molar-refractivity contribution < 1.29 is 9.53 Å². The molecular weight excluding hydrogens is 216 g/mol. The molecule has 1 atom stereocenters. The van der Waals surface area contributed by atoms with Crippen LogP contribution in [0.3, 0.4) is 0 Å². The van der Waals surface area contributed by atoms with Crippen molar-refractivity contribution in [3.8, 4) is 5.75 Å². The fraction of sp³-hybridized carbons (Fsp3) is 0.462. The van der Waals surface area contributed by atoms with Gasteiger partial charge in [0.05, 0.1) is 7.11 Å². The molecule has 0 aliphatic rings. The number of likely N-dealkylation sites (N-methyl/N-ethyl adjacent to an activating group) is 1. The second-order valence-corrected chi connectivity index (χ2v) is 3.80. The minimum absolute atomic E-state index is 0.332. The van der Waals surface area contributed by atoms with E-state index in [1.54, 1.807) is 7.11 Å². The van der Waals surface area contributed by atoms with E-state index >= 15 is 0 Å². The van der Waals surface area contributed by atoms with E-state index in [9.17, 15) is 4.79 Å². The molecule has 0 bridgehead atoms. The first kappa shape index (κ1) is 13.5. The van der Waals surface area contributed by atoms with Crippen LogP contribution < -0.4 is 10.5 Å². The predicted molar refractivity (Wildman–Crippen MR) is 67.9 cm³/mol. The lowest BCUT2D eigenvalue weighted by Gasteiger charge is -2.27. The molecule has 0 aliphatic carbocycles. The topological polar surface area (TPSA) is 55.6 Å². The summed E-state index contributed by atoms with van der Waals surface area (Å²) in [4.78, 5) is 13.6. The molecule has 0 aromatic heterocycles. The Labute approximate surface area is 102 Å². The SMILES string of the molecule is CCN(CC)C(C(N)=O)c1cccc(OC)c1. The van der Waals surface area contributed by atoms with Crippen molar-refractivity contribution in [3.05, 3.63) is 29.8 Å². The summed E-state index contributed by atoms with van der Waals surface area (Å²) in [6, 6.07) is 7.08.